The van der Waals surface area contributed by atoms with Gasteiger partial charge in [-0.1, -0.05) is 47.7 Å². The molecule has 2 aromatic carbocycles. The van der Waals surface area contributed by atoms with Gasteiger partial charge in [0.15, 0.2) is 16.6 Å². The van der Waals surface area contributed by atoms with Crippen molar-refractivity contribution in [1.29, 1.82) is 0 Å². The van der Waals surface area contributed by atoms with Crippen LogP contribution in [0.3, 0.4) is 0 Å². The highest BCUT2D eigenvalue weighted by molar-refractivity contribution is 7.18. The molecule has 1 aliphatic heterocycles. The number of nitrogens with one attached hydrogen (secondary N) is 1. The largest absolute Gasteiger partial charge is 0.486 e. The second kappa shape index (κ2) is 8.96. The SMILES string of the molecule is CCOC(=O)c1sc(NC(=O)Cc2ccc3c(c2)OCCO3)nc1-c1ccccc1. The molecule has 154 valence electrons. The van der Waals surface area contributed by atoms with Crippen LogP contribution in [-0.2, 0) is 16.0 Å². The fourth-order valence-electron chi connectivity index (χ4n) is 3.05. The molecule has 1 aliphatic rings. The molecule has 1 aromatic heterocycles. The van der Waals surface area contributed by atoms with Gasteiger partial charge in [0.2, 0.25) is 5.91 Å². The number of ether oxygens (including phenoxy) is 3. The summed E-state index contributed by atoms with van der Waals surface area (Å²) in [5.74, 6) is 0.616. The number of anilines is 1. The number of aromatic nitrogens is 1. The van der Waals surface area contributed by atoms with Crippen molar-refractivity contribution < 1.29 is 23.8 Å². The summed E-state index contributed by atoms with van der Waals surface area (Å²) in [5, 5.41) is 3.13. The Bertz CT molecular complexity index is 1060. The third-order valence-electron chi connectivity index (χ3n) is 4.35. The summed E-state index contributed by atoms with van der Waals surface area (Å²) < 4.78 is 16.2. The Labute approximate surface area is 177 Å². The number of carbonyl (C=O) groups is 2. The Kier molecular flexibility index (Phi) is 5.94. The fourth-order valence-corrected chi connectivity index (χ4v) is 3.94. The van der Waals surface area contributed by atoms with Crippen LogP contribution in [0.25, 0.3) is 11.3 Å². The van der Waals surface area contributed by atoms with Gasteiger partial charge in [-0.05, 0) is 24.6 Å². The highest BCUT2D eigenvalue weighted by Crippen LogP contribution is 2.33. The van der Waals surface area contributed by atoms with Crippen molar-refractivity contribution in [3.63, 3.8) is 0 Å². The molecule has 1 N–H and O–H groups in total. The van der Waals surface area contributed by atoms with Gasteiger partial charge in [0.05, 0.1) is 18.7 Å². The van der Waals surface area contributed by atoms with Gasteiger partial charge in [-0.25, -0.2) is 9.78 Å². The zero-order chi connectivity index (χ0) is 20.9. The Balaban J connectivity index is 1.52. The first-order valence-corrected chi connectivity index (χ1v) is 10.4. The van der Waals surface area contributed by atoms with Gasteiger partial charge < -0.3 is 19.5 Å². The summed E-state index contributed by atoms with van der Waals surface area (Å²) in [7, 11) is 0. The van der Waals surface area contributed by atoms with Crippen molar-refractivity contribution in [2.75, 3.05) is 25.1 Å². The molecule has 4 rings (SSSR count). The summed E-state index contributed by atoms with van der Waals surface area (Å²) in [4.78, 5) is 29.8. The smallest absolute Gasteiger partial charge is 0.350 e. The van der Waals surface area contributed by atoms with Crippen LogP contribution in [0.2, 0.25) is 0 Å². The summed E-state index contributed by atoms with van der Waals surface area (Å²) in [6.45, 7) is 3.01. The first-order valence-electron chi connectivity index (χ1n) is 9.56. The van der Waals surface area contributed by atoms with E-state index in [-0.39, 0.29) is 18.9 Å². The van der Waals surface area contributed by atoms with Crippen molar-refractivity contribution in [2.24, 2.45) is 0 Å². The molecule has 0 unspecified atom stereocenters. The van der Waals surface area contributed by atoms with E-state index in [1.807, 2.05) is 36.4 Å². The number of rotatable bonds is 6. The minimum atomic E-state index is -0.457. The number of hydrogen-bond donors (Lipinski definition) is 1. The Morgan fingerprint density at radius 1 is 1.10 bits per heavy atom. The zero-order valence-corrected chi connectivity index (χ0v) is 17.2. The second-order valence-corrected chi connectivity index (χ2v) is 7.49. The number of nitrogens with zero attached hydrogens (tertiary/aromatic N) is 1. The molecular weight excluding hydrogens is 404 g/mol. The molecule has 0 aliphatic carbocycles. The van der Waals surface area contributed by atoms with Gasteiger partial charge in [0.25, 0.3) is 0 Å². The first-order chi connectivity index (χ1) is 14.6. The lowest BCUT2D eigenvalue weighted by molar-refractivity contribution is -0.115. The van der Waals surface area contributed by atoms with E-state index in [1.165, 1.54) is 0 Å². The molecular formula is C22H20N2O5S. The molecule has 0 radical (unpaired) electrons. The average molecular weight is 424 g/mol. The summed E-state index contributed by atoms with van der Waals surface area (Å²) in [6.07, 6.45) is 0.144. The van der Waals surface area contributed by atoms with E-state index in [0.717, 1.165) is 22.5 Å². The van der Waals surface area contributed by atoms with E-state index >= 15 is 0 Å². The van der Waals surface area contributed by atoms with E-state index in [9.17, 15) is 9.59 Å². The van der Waals surface area contributed by atoms with Crippen LogP contribution >= 0.6 is 11.3 Å². The number of benzene rings is 2. The van der Waals surface area contributed by atoms with Crippen molar-refractivity contribution in [3.8, 4) is 22.8 Å². The second-order valence-electron chi connectivity index (χ2n) is 6.49. The van der Waals surface area contributed by atoms with Crippen molar-refractivity contribution >= 4 is 28.3 Å². The van der Waals surface area contributed by atoms with Gasteiger partial charge in [0.1, 0.15) is 18.1 Å². The Morgan fingerprint density at radius 3 is 2.63 bits per heavy atom. The van der Waals surface area contributed by atoms with Crippen molar-refractivity contribution in [1.82, 2.24) is 4.98 Å². The lowest BCUT2D eigenvalue weighted by Gasteiger charge is -2.18. The zero-order valence-electron chi connectivity index (χ0n) is 16.3. The summed E-state index contributed by atoms with van der Waals surface area (Å²) >= 11 is 1.10. The third kappa shape index (κ3) is 4.44. The number of fused-ring (bicyclic) bond motifs is 1. The summed E-state index contributed by atoms with van der Waals surface area (Å²) in [5.41, 5.74) is 2.07. The molecule has 0 saturated carbocycles. The maximum absolute atomic E-state index is 12.6. The van der Waals surface area contributed by atoms with Gasteiger partial charge in [-0.2, -0.15) is 0 Å². The number of thiazole rings is 1. The molecule has 0 saturated heterocycles. The van der Waals surface area contributed by atoms with Crippen LogP contribution in [0.15, 0.2) is 48.5 Å². The third-order valence-corrected chi connectivity index (χ3v) is 5.30. The van der Waals surface area contributed by atoms with Crippen LogP contribution in [0.4, 0.5) is 5.13 Å². The van der Waals surface area contributed by atoms with Crippen LogP contribution in [-0.4, -0.2) is 36.7 Å². The molecule has 7 nitrogen and oxygen atoms in total. The van der Waals surface area contributed by atoms with Crippen LogP contribution in [0.1, 0.15) is 22.2 Å². The summed E-state index contributed by atoms with van der Waals surface area (Å²) in [6, 6.07) is 14.8. The monoisotopic (exact) mass is 424 g/mol. The van der Waals surface area contributed by atoms with E-state index in [4.69, 9.17) is 14.2 Å². The van der Waals surface area contributed by atoms with Crippen molar-refractivity contribution in [2.45, 2.75) is 13.3 Å². The van der Waals surface area contributed by atoms with Crippen LogP contribution in [0, 0.1) is 0 Å². The van der Waals surface area contributed by atoms with Crippen LogP contribution < -0.4 is 14.8 Å². The maximum Gasteiger partial charge on any atom is 0.350 e. The lowest BCUT2D eigenvalue weighted by Crippen LogP contribution is -2.17. The normalized spacial score (nSPS) is 12.3. The quantitative estimate of drug-likeness (QED) is 0.603. The molecule has 0 fully saturated rings. The fraction of sp³-hybridized carbons (Fsp3) is 0.227. The Hall–Kier alpha value is -3.39. The molecule has 8 heteroatoms. The van der Waals surface area contributed by atoms with Gasteiger partial charge in [-0.3, -0.25) is 4.79 Å². The van der Waals surface area contributed by atoms with Gasteiger partial charge in [0, 0.05) is 5.56 Å². The predicted molar refractivity (Wildman–Crippen MR) is 113 cm³/mol. The molecule has 0 atom stereocenters. The van der Waals surface area contributed by atoms with Gasteiger partial charge >= 0.3 is 5.97 Å². The highest BCUT2D eigenvalue weighted by atomic mass is 32.1. The maximum atomic E-state index is 12.6. The molecule has 3 aromatic rings. The predicted octanol–water partition coefficient (Wildman–Crippen LogP) is 3.94. The average Bonchev–Trinajstić information content (AvgIpc) is 3.18. The van der Waals surface area contributed by atoms with Crippen molar-refractivity contribution in [3.05, 3.63) is 59.0 Å². The number of amides is 1. The number of carbonyl (C=O) groups excluding carboxylic acids is 2. The molecule has 2 heterocycles. The molecule has 0 bridgehead atoms. The molecule has 30 heavy (non-hydrogen) atoms. The minimum absolute atomic E-state index is 0.144. The highest BCUT2D eigenvalue weighted by Gasteiger charge is 2.22. The minimum Gasteiger partial charge on any atom is -0.486 e. The van der Waals surface area contributed by atoms with E-state index < -0.39 is 5.97 Å². The van der Waals surface area contributed by atoms with E-state index in [1.54, 1.807) is 19.1 Å². The van der Waals surface area contributed by atoms with E-state index in [0.29, 0.717) is 40.4 Å². The molecule has 1 amide bonds. The Morgan fingerprint density at radius 2 is 1.87 bits per heavy atom. The lowest BCUT2D eigenvalue weighted by atomic mass is 10.1. The van der Waals surface area contributed by atoms with E-state index in [2.05, 4.69) is 10.3 Å². The number of hydrogen-bond acceptors (Lipinski definition) is 7. The topological polar surface area (TPSA) is 86.8 Å². The number of esters is 1. The first kappa shape index (κ1) is 19.9. The molecule has 0 spiro atoms. The van der Waals surface area contributed by atoms with Gasteiger partial charge in [-0.15, -0.1) is 0 Å². The standard InChI is InChI=1S/C22H20N2O5S/c1-2-27-21(26)20-19(15-6-4-3-5-7-15)24-22(30-20)23-18(25)13-14-8-9-16-17(12-14)29-11-10-28-16/h3-9,12H,2,10-11,13H2,1H3,(H,23,24,25). The van der Waals surface area contributed by atoms with Crippen LogP contribution in [0.5, 0.6) is 11.5 Å².